The molecule has 1 aromatic heterocycles. The van der Waals surface area contributed by atoms with Gasteiger partial charge in [0, 0.05) is 5.69 Å². The van der Waals surface area contributed by atoms with Crippen LogP contribution in [0.2, 0.25) is 0 Å². The van der Waals surface area contributed by atoms with E-state index in [0.717, 1.165) is 12.8 Å². The van der Waals surface area contributed by atoms with E-state index in [1.54, 1.807) is 19.1 Å². The van der Waals surface area contributed by atoms with Gasteiger partial charge < -0.3 is 4.98 Å². The topological polar surface area (TPSA) is 74.8 Å². The Balaban J connectivity index is 2.16. The van der Waals surface area contributed by atoms with Crippen LogP contribution in [0, 0.1) is 6.92 Å². The Kier molecular flexibility index (Phi) is 3.90. The molecular weight excluding hydrogens is 262 g/mol. The van der Waals surface area contributed by atoms with E-state index in [-0.39, 0.29) is 5.03 Å². The van der Waals surface area contributed by atoms with Gasteiger partial charge in [-0.15, -0.1) is 0 Å². The van der Waals surface area contributed by atoms with Gasteiger partial charge in [0.15, 0.2) is 5.03 Å². The minimum atomic E-state index is -3.59. The van der Waals surface area contributed by atoms with Crippen LogP contribution in [0.3, 0.4) is 0 Å². The molecule has 0 radical (unpaired) electrons. The van der Waals surface area contributed by atoms with Crippen molar-refractivity contribution >= 4 is 15.7 Å². The van der Waals surface area contributed by atoms with Crippen LogP contribution in [0.15, 0.2) is 35.5 Å². The van der Waals surface area contributed by atoms with Crippen LogP contribution in [0.5, 0.6) is 0 Å². The minimum absolute atomic E-state index is 0.0719. The van der Waals surface area contributed by atoms with E-state index >= 15 is 0 Å². The van der Waals surface area contributed by atoms with E-state index < -0.39 is 10.0 Å². The molecule has 0 aliphatic heterocycles. The summed E-state index contributed by atoms with van der Waals surface area (Å²) in [7, 11) is -3.59. The quantitative estimate of drug-likeness (QED) is 0.883. The summed E-state index contributed by atoms with van der Waals surface area (Å²) in [6.45, 7) is 3.82. The molecule has 0 aliphatic carbocycles. The smallest absolute Gasteiger partial charge is 0.278 e. The Morgan fingerprint density at radius 3 is 2.47 bits per heavy atom. The molecule has 0 atom stereocenters. The normalized spacial score (nSPS) is 11.5. The number of nitrogens with one attached hydrogen (secondary N) is 2. The third kappa shape index (κ3) is 3.35. The number of rotatable bonds is 5. The fourth-order valence-electron chi connectivity index (χ4n) is 1.77. The first-order valence-electron chi connectivity index (χ1n) is 6.14. The van der Waals surface area contributed by atoms with Gasteiger partial charge in [0.1, 0.15) is 5.82 Å². The zero-order valence-electron chi connectivity index (χ0n) is 11.0. The summed E-state index contributed by atoms with van der Waals surface area (Å²) < 4.78 is 26.6. The number of nitrogens with zero attached hydrogens (tertiary/aromatic N) is 1. The van der Waals surface area contributed by atoms with Crippen molar-refractivity contribution in [1.82, 2.24) is 9.97 Å². The molecule has 0 saturated carbocycles. The second-order valence-electron chi connectivity index (χ2n) is 4.39. The van der Waals surface area contributed by atoms with Gasteiger partial charge in [0.25, 0.3) is 10.0 Å². The van der Waals surface area contributed by atoms with Crippen LogP contribution in [0.1, 0.15) is 24.7 Å². The molecular formula is C13H17N3O2S. The number of aromatic nitrogens is 2. The molecule has 19 heavy (non-hydrogen) atoms. The summed E-state index contributed by atoms with van der Waals surface area (Å²) in [6, 6.07) is 7.40. The lowest BCUT2D eigenvalue weighted by molar-refractivity contribution is 0.598. The van der Waals surface area contributed by atoms with Crippen LogP contribution >= 0.6 is 0 Å². The predicted octanol–water partition coefficient (Wildman–Crippen LogP) is 2.47. The van der Waals surface area contributed by atoms with E-state index in [0.29, 0.717) is 11.5 Å². The van der Waals surface area contributed by atoms with Crippen LogP contribution < -0.4 is 4.72 Å². The third-order valence-corrected chi connectivity index (χ3v) is 4.00. The Morgan fingerprint density at radius 2 is 1.95 bits per heavy atom. The maximum absolute atomic E-state index is 12.0. The number of H-pyrrole nitrogens is 1. The van der Waals surface area contributed by atoms with Crippen molar-refractivity contribution in [2.24, 2.45) is 0 Å². The van der Waals surface area contributed by atoms with Gasteiger partial charge in [0.2, 0.25) is 0 Å². The molecule has 0 aliphatic rings. The first-order chi connectivity index (χ1) is 9.01. The zero-order chi connectivity index (χ0) is 13.9. The number of anilines is 1. The SMILES string of the molecule is CCCc1ccc(NS(=O)(=O)c2cnc(C)[nH]2)cc1. The van der Waals surface area contributed by atoms with E-state index in [4.69, 9.17) is 0 Å². The second kappa shape index (κ2) is 5.44. The molecule has 2 aromatic rings. The summed E-state index contributed by atoms with van der Waals surface area (Å²) in [5.41, 5.74) is 1.75. The highest BCUT2D eigenvalue weighted by molar-refractivity contribution is 7.92. The van der Waals surface area contributed by atoms with Gasteiger partial charge in [-0.2, -0.15) is 8.42 Å². The molecule has 0 fully saturated rings. The maximum atomic E-state index is 12.0. The number of aryl methyl sites for hydroxylation is 2. The molecule has 1 aromatic carbocycles. The monoisotopic (exact) mass is 279 g/mol. The van der Waals surface area contributed by atoms with Crippen molar-refractivity contribution in [1.29, 1.82) is 0 Å². The number of imidazole rings is 1. The fourth-order valence-corrected chi connectivity index (χ4v) is 2.80. The van der Waals surface area contributed by atoms with Gasteiger partial charge >= 0.3 is 0 Å². The van der Waals surface area contributed by atoms with Crippen molar-refractivity contribution in [2.45, 2.75) is 31.7 Å². The highest BCUT2D eigenvalue weighted by Crippen LogP contribution is 2.16. The summed E-state index contributed by atoms with van der Waals surface area (Å²) >= 11 is 0. The highest BCUT2D eigenvalue weighted by Gasteiger charge is 2.16. The van der Waals surface area contributed by atoms with Gasteiger partial charge in [-0.25, -0.2) is 4.98 Å². The zero-order valence-corrected chi connectivity index (χ0v) is 11.8. The van der Waals surface area contributed by atoms with Crippen molar-refractivity contribution in [3.63, 3.8) is 0 Å². The van der Waals surface area contributed by atoms with E-state index in [2.05, 4.69) is 21.6 Å². The van der Waals surface area contributed by atoms with E-state index in [1.165, 1.54) is 11.8 Å². The Hall–Kier alpha value is -1.82. The molecule has 0 spiro atoms. The van der Waals surface area contributed by atoms with E-state index in [1.807, 2.05) is 12.1 Å². The van der Waals surface area contributed by atoms with E-state index in [9.17, 15) is 8.42 Å². The molecule has 6 heteroatoms. The maximum Gasteiger partial charge on any atom is 0.278 e. The number of aromatic amines is 1. The Bertz CT molecular complexity index is 645. The fraction of sp³-hybridized carbons (Fsp3) is 0.308. The molecule has 2 rings (SSSR count). The highest BCUT2D eigenvalue weighted by atomic mass is 32.2. The minimum Gasteiger partial charge on any atom is -0.332 e. The molecule has 0 unspecified atom stereocenters. The van der Waals surface area contributed by atoms with Crippen molar-refractivity contribution in [3.8, 4) is 0 Å². The van der Waals surface area contributed by atoms with Crippen molar-refractivity contribution in [2.75, 3.05) is 4.72 Å². The molecule has 5 nitrogen and oxygen atoms in total. The Morgan fingerprint density at radius 1 is 1.26 bits per heavy atom. The van der Waals surface area contributed by atoms with Gasteiger partial charge in [-0.05, 0) is 31.0 Å². The summed E-state index contributed by atoms with van der Waals surface area (Å²) in [5, 5.41) is 0.0719. The van der Waals surface area contributed by atoms with Crippen LogP contribution in [0.4, 0.5) is 5.69 Å². The standard InChI is InChI=1S/C13H17N3O2S/c1-3-4-11-5-7-12(8-6-11)16-19(17,18)13-9-14-10(2)15-13/h5-9,16H,3-4H2,1-2H3,(H,14,15). The second-order valence-corrected chi connectivity index (χ2v) is 6.04. The average molecular weight is 279 g/mol. The lowest BCUT2D eigenvalue weighted by atomic mass is 10.1. The van der Waals surface area contributed by atoms with Crippen molar-refractivity contribution in [3.05, 3.63) is 41.9 Å². The number of hydrogen-bond donors (Lipinski definition) is 2. The molecule has 0 amide bonds. The summed E-state index contributed by atoms with van der Waals surface area (Å²) in [6.07, 6.45) is 3.37. The molecule has 1 heterocycles. The summed E-state index contributed by atoms with van der Waals surface area (Å²) in [5.74, 6) is 0.568. The van der Waals surface area contributed by atoms with Crippen LogP contribution in [-0.4, -0.2) is 18.4 Å². The largest absolute Gasteiger partial charge is 0.332 e. The van der Waals surface area contributed by atoms with Gasteiger partial charge in [-0.1, -0.05) is 25.5 Å². The predicted molar refractivity (Wildman–Crippen MR) is 74.6 cm³/mol. The average Bonchev–Trinajstić information content (AvgIpc) is 2.79. The Labute approximate surface area is 113 Å². The lowest BCUT2D eigenvalue weighted by Gasteiger charge is -2.07. The first-order valence-corrected chi connectivity index (χ1v) is 7.63. The lowest BCUT2D eigenvalue weighted by Crippen LogP contribution is -2.13. The van der Waals surface area contributed by atoms with Crippen molar-refractivity contribution < 1.29 is 8.42 Å². The molecule has 0 bridgehead atoms. The number of hydrogen-bond acceptors (Lipinski definition) is 3. The molecule has 2 N–H and O–H groups in total. The van der Waals surface area contributed by atoms with Gasteiger partial charge in [0.05, 0.1) is 6.20 Å². The van der Waals surface area contributed by atoms with Gasteiger partial charge in [-0.3, -0.25) is 4.72 Å². The number of benzene rings is 1. The summed E-state index contributed by atoms with van der Waals surface area (Å²) in [4.78, 5) is 6.59. The number of sulfonamides is 1. The molecule has 102 valence electrons. The van der Waals surface area contributed by atoms with Crippen LogP contribution in [0.25, 0.3) is 0 Å². The molecule has 0 saturated heterocycles. The first kappa shape index (κ1) is 13.6. The third-order valence-electron chi connectivity index (χ3n) is 2.71. The van der Waals surface area contributed by atoms with Crippen LogP contribution in [-0.2, 0) is 16.4 Å².